The smallest absolute Gasteiger partial charge is 0.318 e. The summed E-state index contributed by atoms with van der Waals surface area (Å²) in [6.45, 7) is 1.41. The van der Waals surface area contributed by atoms with E-state index in [1.54, 1.807) is 0 Å². The molecular formula is C9H15NO3. The van der Waals surface area contributed by atoms with Crippen molar-refractivity contribution in [1.82, 2.24) is 0 Å². The third-order valence-corrected chi connectivity index (χ3v) is 2.94. The molecule has 0 bridgehead atoms. The quantitative estimate of drug-likeness (QED) is 0.634. The number of carbonyl (C=O) groups is 2. The van der Waals surface area contributed by atoms with E-state index in [9.17, 15) is 9.59 Å². The zero-order valence-electron chi connectivity index (χ0n) is 7.75. The predicted octanol–water partition coefficient (Wildman–Crippen LogP) is 0.753. The van der Waals surface area contributed by atoms with Crippen LogP contribution in [0.2, 0.25) is 0 Å². The highest BCUT2D eigenvalue weighted by Crippen LogP contribution is 2.37. The van der Waals surface area contributed by atoms with E-state index in [4.69, 9.17) is 10.8 Å². The Morgan fingerprint density at radius 1 is 1.54 bits per heavy atom. The number of aliphatic carboxylic acids is 1. The molecule has 1 amide bonds. The predicted molar refractivity (Wildman–Crippen MR) is 46.9 cm³/mol. The SMILES string of the molecule is CC(CC1CCC1)(C(N)=O)C(=O)O. The Bertz CT molecular complexity index is 219. The van der Waals surface area contributed by atoms with Crippen LogP contribution >= 0.6 is 0 Å². The van der Waals surface area contributed by atoms with Crippen molar-refractivity contribution < 1.29 is 14.7 Å². The summed E-state index contributed by atoms with van der Waals surface area (Å²) >= 11 is 0. The lowest BCUT2D eigenvalue weighted by Gasteiger charge is -2.31. The van der Waals surface area contributed by atoms with Crippen molar-refractivity contribution in [3.05, 3.63) is 0 Å². The van der Waals surface area contributed by atoms with Crippen LogP contribution in [0.1, 0.15) is 32.6 Å². The van der Waals surface area contributed by atoms with Crippen molar-refractivity contribution in [1.29, 1.82) is 0 Å². The van der Waals surface area contributed by atoms with E-state index in [0.717, 1.165) is 19.3 Å². The fraction of sp³-hybridized carbons (Fsp3) is 0.778. The van der Waals surface area contributed by atoms with Crippen LogP contribution in [0.25, 0.3) is 0 Å². The van der Waals surface area contributed by atoms with Gasteiger partial charge in [-0.2, -0.15) is 0 Å². The third kappa shape index (κ3) is 1.82. The first kappa shape index (κ1) is 10.0. The van der Waals surface area contributed by atoms with Gasteiger partial charge in [0.15, 0.2) is 0 Å². The minimum Gasteiger partial charge on any atom is -0.480 e. The number of nitrogens with two attached hydrogens (primary N) is 1. The molecule has 1 fully saturated rings. The van der Waals surface area contributed by atoms with E-state index in [1.807, 2.05) is 0 Å². The number of carboxylic acids is 1. The molecule has 0 saturated heterocycles. The topological polar surface area (TPSA) is 80.4 Å². The highest BCUT2D eigenvalue weighted by Gasteiger charge is 2.42. The number of hydrogen-bond donors (Lipinski definition) is 2. The zero-order valence-corrected chi connectivity index (χ0v) is 7.75. The molecule has 1 saturated carbocycles. The van der Waals surface area contributed by atoms with Crippen LogP contribution in [0, 0.1) is 11.3 Å². The fourth-order valence-corrected chi connectivity index (χ4v) is 1.57. The van der Waals surface area contributed by atoms with Gasteiger partial charge in [0.1, 0.15) is 5.41 Å². The molecule has 0 aromatic rings. The molecule has 0 spiro atoms. The first-order valence-corrected chi connectivity index (χ1v) is 4.50. The van der Waals surface area contributed by atoms with Gasteiger partial charge < -0.3 is 10.8 Å². The normalized spacial score (nSPS) is 21.6. The molecule has 1 rings (SSSR count). The van der Waals surface area contributed by atoms with Crippen molar-refractivity contribution in [2.45, 2.75) is 32.6 Å². The summed E-state index contributed by atoms with van der Waals surface area (Å²) in [5.74, 6) is -1.47. The van der Waals surface area contributed by atoms with Gasteiger partial charge in [0.05, 0.1) is 0 Å². The van der Waals surface area contributed by atoms with E-state index in [2.05, 4.69) is 0 Å². The average molecular weight is 185 g/mol. The summed E-state index contributed by atoms with van der Waals surface area (Å²) in [5.41, 5.74) is 3.71. The van der Waals surface area contributed by atoms with Gasteiger partial charge in [-0.1, -0.05) is 19.3 Å². The summed E-state index contributed by atoms with van der Waals surface area (Å²) in [4.78, 5) is 21.8. The third-order valence-electron chi connectivity index (χ3n) is 2.94. The van der Waals surface area contributed by atoms with Gasteiger partial charge in [0.25, 0.3) is 0 Å². The lowest BCUT2D eigenvalue weighted by atomic mass is 9.72. The molecule has 4 nitrogen and oxygen atoms in total. The maximum absolute atomic E-state index is 11.0. The first-order valence-electron chi connectivity index (χ1n) is 4.50. The Balaban J connectivity index is 2.65. The summed E-state index contributed by atoms with van der Waals surface area (Å²) < 4.78 is 0. The Kier molecular flexibility index (Phi) is 2.59. The Morgan fingerprint density at radius 3 is 2.31 bits per heavy atom. The molecule has 1 atom stereocenters. The maximum atomic E-state index is 11.0. The van der Waals surface area contributed by atoms with Crippen LogP contribution in [0.5, 0.6) is 0 Å². The lowest BCUT2D eigenvalue weighted by molar-refractivity contribution is -0.155. The van der Waals surface area contributed by atoms with E-state index in [0.29, 0.717) is 12.3 Å². The minimum atomic E-state index is -1.37. The van der Waals surface area contributed by atoms with Gasteiger partial charge >= 0.3 is 5.97 Å². The largest absolute Gasteiger partial charge is 0.480 e. The lowest BCUT2D eigenvalue weighted by Crippen LogP contribution is -2.43. The second-order valence-corrected chi connectivity index (χ2v) is 4.00. The monoisotopic (exact) mass is 185 g/mol. The van der Waals surface area contributed by atoms with Crippen molar-refractivity contribution in [3.8, 4) is 0 Å². The molecule has 13 heavy (non-hydrogen) atoms. The molecule has 74 valence electrons. The number of amides is 1. The summed E-state index contributed by atoms with van der Waals surface area (Å²) in [7, 11) is 0. The zero-order chi connectivity index (χ0) is 10.1. The molecule has 3 N–H and O–H groups in total. The number of hydrogen-bond acceptors (Lipinski definition) is 2. The molecule has 0 aromatic carbocycles. The van der Waals surface area contributed by atoms with E-state index >= 15 is 0 Å². The number of rotatable bonds is 4. The highest BCUT2D eigenvalue weighted by atomic mass is 16.4. The van der Waals surface area contributed by atoms with Crippen LogP contribution < -0.4 is 5.73 Å². The molecule has 1 unspecified atom stereocenters. The maximum Gasteiger partial charge on any atom is 0.318 e. The van der Waals surface area contributed by atoms with Crippen LogP contribution in [0.4, 0.5) is 0 Å². The number of carbonyl (C=O) groups excluding carboxylic acids is 1. The standard InChI is InChI=1S/C9H15NO3/c1-9(7(10)11,8(12)13)5-6-3-2-4-6/h6H,2-5H2,1H3,(H2,10,11)(H,12,13). The second kappa shape index (κ2) is 3.36. The molecule has 1 aliphatic rings. The Morgan fingerprint density at radius 2 is 2.08 bits per heavy atom. The first-order chi connectivity index (χ1) is 5.97. The molecule has 0 heterocycles. The highest BCUT2D eigenvalue weighted by molar-refractivity contribution is 6.00. The Labute approximate surface area is 77.1 Å². The van der Waals surface area contributed by atoms with Gasteiger partial charge in [0.2, 0.25) is 5.91 Å². The number of carboxylic acid groups (broad SMARTS) is 1. The van der Waals surface area contributed by atoms with Gasteiger partial charge in [0, 0.05) is 0 Å². The van der Waals surface area contributed by atoms with Gasteiger partial charge in [-0.25, -0.2) is 0 Å². The Hall–Kier alpha value is -1.06. The molecule has 0 radical (unpaired) electrons. The minimum absolute atomic E-state index is 0.369. The van der Waals surface area contributed by atoms with E-state index in [1.165, 1.54) is 6.92 Å². The van der Waals surface area contributed by atoms with Crippen LogP contribution in [0.15, 0.2) is 0 Å². The summed E-state index contributed by atoms with van der Waals surface area (Å²) in [6, 6.07) is 0. The molecular weight excluding hydrogens is 170 g/mol. The summed E-state index contributed by atoms with van der Waals surface area (Å²) in [6.07, 6.45) is 3.57. The van der Waals surface area contributed by atoms with Gasteiger partial charge in [-0.3, -0.25) is 9.59 Å². The van der Waals surface area contributed by atoms with Crippen molar-refractivity contribution in [2.75, 3.05) is 0 Å². The van der Waals surface area contributed by atoms with Crippen LogP contribution in [-0.4, -0.2) is 17.0 Å². The fourth-order valence-electron chi connectivity index (χ4n) is 1.57. The molecule has 1 aliphatic carbocycles. The summed E-state index contributed by atoms with van der Waals surface area (Å²) in [5, 5.41) is 8.87. The number of primary amides is 1. The van der Waals surface area contributed by atoms with Crippen molar-refractivity contribution >= 4 is 11.9 Å². The molecule has 0 aromatic heterocycles. The van der Waals surface area contributed by atoms with Crippen molar-refractivity contribution in [2.24, 2.45) is 17.1 Å². The van der Waals surface area contributed by atoms with E-state index in [-0.39, 0.29) is 0 Å². The second-order valence-electron chi connectivity index (χ2n) is 4.00. The molecule has 0 aliphatic heterocycles. The average Bonchev–Trinajstić information content (AvgIpc) is 1.95. The van der Waals surface area contributed by atoms with Gasteiger partial charge in [-0.15, -0.1) is 0 Å². The van der Waals surface area contributed by atoms with Crippen LogP contribution in [0.3, 0.4) is 0 Å². The van der Waals surface area contributed by atoms with E-state index < -0.39 is 17.3 Å². The van der Waals surface area contributed by atoms with Crippen LogP contribution in [-0.2, 0) is 9.59 Å². The van der Waals surface area contributed by atoms with Crippen molar-refractivity contribution in [3.63, 3.8) is 0 Å². The molecule has 4 heteroatoms. The van der Waals surface area contributed by atoms with Gasteiger partial charge in [-0.05, 0) is 19.3 Å².